The van der Waals surface area contributed by atoms with Crippen LogP contribution in [0.1, 0.15) is 52.5 Å². The number of benzene rings is 1. The summed E-state index contributed by atoms with van der Waals surface area (Å²) in [6, 6.07) is 10.1. The molecule has 2 nitrogen and oxygen atoms in total. The Morgan fingerprint density at radius 1 is 1.25 bits per heavy atom. The zero-order valence-corrected chi connectivity index (χ0v) is 14.7. The molecule has 3 atom stereocenters. The van der Waals surface area contributed by atoms with Crippen LogP contribution in [0.15, 0.2) is 30.3 Å². The summed E-state index contributed by atoms with van der Waals surface area (Å²) in [7, 11) is 0. The van der Waals surface area contributed by atoms with Crippen LogP contribution in [-0.4, -0.2) is 16.3 Å². The molecule has 0 bridgehead atoms. The normalized spacial score (nSPS) is 16.3. The zero-order valence-electron chi connectivity index (χ0n) is 13.1. The fourth-order valence-corrected chi connectivity index (χ4v) is 2.24. The third-order valence-corrected chi connectivity index (χ3v) is 5.24. The number of carbonyl (C=O) groups excluding carboxylic acids is 1. The van der Waals surface area contributed by atoms with Crippen LogP contribution in [0.4, 0.5) is 0 Å². The summed E-state index contributed by atoms with van der Waals surface area (Å²) < 4.78 is 0. The lowest BCUT2D eigenvalue weighted by Gasteiger charge is -2.33. The van der Waals surface area contributed by atoms with Crippen molar-refractivity contribution in [1.29, 1.82) is 0 Å². The van der Waals surface area contributed by atoms with Gasteiger partial charge in [0.15, 0.2) is 0 Å². The monoisotopic (exact) mass is 339 g/mol. The quantitative estimate of drug-likeness (QED) is 0.760. The third-order valence-electron chi connectivity index (χ3n) is 4.09. The second-order valence-electron chi connectivity index (χ2n) is 6.10. The fraction of sp³-hybridized carbons (Fsp3) is 0.588. The molecule has 0 aliphatic heterocycles. The van der Waals surface area contributed by atoms with Gasteiger partial charge >= 0.3 is 0 Å². The Morgan fingerprint density at radius 2 is 1.80 bits per heavy atom. The molecule has 1 rings (SSSR count). The minimum Gasteiger partial charge on any atom is -0.350 e. The van der Waals surface area contributed by atoms with E-state index in [0.717, 1.165) is 12.0 Å². The Hall–Kier alpha value is -0.830. The van der Waals surface area contributed by atoms with Crippen molar-refractivity contribution in [2.24, 2.45) is 5.92 Å². The molecule has 0 radical (unpaired) electrons. The van der Waals surface area contributed by atoms with Crippen LogP contribution in [-0.2, 0) is 4.79 Å². The van der Waals surface area contributed by atoms with Gasteiger partial charge in [-0.3, -0.25) is 4.79 Å². The highest BCUT2D eigenvalue weighted by molar-refractivity contribution is 9.09. The largest absolute Gasteiger partial charge is 0.350 e. The molecule has 1 N–H and O–H groups in total. The van der Waals surface area contributed by atoms with Gasteiger partial charge in [0.05, 0.1) is 5.92 Å². The first kappa shape index (κ1) is 17.2. The number of rotatable bonds is 6. The summed E-state index contributed by atoms with van der Waals surface area (Å²) in [5.41, 5.74) is 0.828. The summed E-state index contributed by atoms with van der Waals surface area (Å²) in [6.07, 6.45) is 0.983. The maximum atomic E-state index is 12.7. The molecule has 0 aliphatic carbocycles. The Kier molecular flexibility index (Phi) is 6.25. The summed E-state index contributed by atoms with van der Waals surface area (Å²) in [5.74, 6) is 0.340. The number of hydrogen-bond donors (Lipinski definition) is 1. The van der Waals surface area contributed by atoms with E-state index >= 15 is 0 Å². The van der Waals surface area contributed by atoms with Crippen LogP contribution >= 0.6 is 15.9 Å². The molecule has 0 heterocycles. The van der Waals surface area contributed by atoms with Crippen LogP contribution in [0, 0.1) is 5.92 Å². The first-order valence-corrected chi connectivity index (χ1v) is 8.22. The molecule has 0 saturated heterocycles. The second kappa shape index (κ2) is 7.26. The average Bonchev–Trinajstić information content (AvgIpc) is 2.39. The van der Waals surface area contributed by atoms with E-state index < -0.39 is 0 Å². The number of alkyl halides is 1. The van der Waals surface area contributed by atoms with Crippen LogP contribution < -0.4 is 5.32 Å². The average molecular weight is 340 g/mol. The van der Waals surface area contributed by atoms with Crippen LogP contribution in [0.2, 0.25) is 0 Å². The van der Waals surface area contributed by atoms with E-state index in [1.807, 2.05) is 44.2 Å². The van der Waals surface area contributed by atoms with Gasteiger partial charge in [-0.05, 0) is 25.3 Å². The molecular formula is C17H26BrNO. The molecule has 0 aliphatic rings. The summed E-state index contributed by atoms with van der Waals surface area (Å²) >= 11 is 3.57. The van der Waals surface area contributed by atoms with E-state index in [-0.39, 0.29) is 22.2 Å². The maximum Gasteiger partial charge on any atom is 0.228 e. The summed E-state index contributed by atoms with van der Waals surface area (Å²) in [4.78, 5) is 12.9. The van der Waals surface area contributed by atoms with Crippen LogP contribution in [0.25, 0.3) is 0 Å². The molecule has 0 spiro atoms. The summed E-state index contributed by atoms with van der Waals surface area (Å²) in [6.45, 7) is 10.4. The Balaban J connectivity index is 2.98. The molecular weight excluding hydrogens is 314 g/mol. The highest BCUT2D eigenvalue weighted by Gasteiger charge is 2.32. The van der Waals surface area contributed by atoms with Crippen LogP contribution in [0.3, 0.4) is 0 Å². The molecule has 3 unspecified atom stereocenters. The van der Waals surface area contributed by atoms with Crippen LogP contribution in [0.5, 0.6) is 0 Å². The lowest BCUT2D eigenvalue weighted by atomic mass is 9.84. The Labute approximate surface area is 131 Å². The van der Waals surface area contributed by atoms with Crippen molar-refractivity contribution < 1.29 is 4.79 Å². The lowest BCUT2D eigenvalue weighted by Crippen LogP contribution is -2.51. The second-order valence-corrected chi connectivity index (χ2v) is 7.47. The molecule has 112 valence electrons. The minimum atomic E-state index is -0.266. The van der Waals surface area contributed by atoms with Crippen molar-refractivity contribution >= 4 is 21.8 Å². The molecule has 0 saturated carbocycles. The van der Waals surface area contributed by atoms with E-state index in [1.54, 1.807) is 0 Å². The van der Waals surface area contributed by atoms with Gasteiger partial charge in [0.25, 0.3) is 0 Å². The van der Waals surface area contributed by atoms with Gasteiger partial charge in [-0.2, -0.15) is 0 Å². The predicted molar refractivity (Wildman–Crippen MR) is 89.2 cm³/mol. The van der Waals surface area contributed by atoms with E-state index in [4.69, 9.17) is 0 Å². The maximum absolute atomic E-state index is 12.7. The van der Waals surface area contributed by atoms with Crippen molar-refractivity contribution in [2.45, 2.75) is 57.3 Å². The van der Waals surface area contributed by atoms with Gasteiger partial charge < -0.3 is 5.32 Å². The van der Waals surface area contributed by atoms with E-state index in [2.05, 4.69) is 42.0 Å². The van der Waals surface area contributed by atoms with Crippen molar-refractivity contribution in [3.05, 3.63) is 35.9 Å². The zero-order chi connectivity index (χ0) is 15.3. The molecule has 3 heteroatoms. The standard InChI is InChI=1S/C17H26BrNO/c1-6-12(2)15(14-10-8-7-9-11-14)16(20)19-17(4,5)13(3)18/h7-13,15H,6H2,1-5H3,(H,19,20). The third kappa shape index (κ3) is 4.34. The number of hydrogen-bond acceptors (Lipinski definition) is 1. The van der Waals surface area contributed by atoms with Gasteiger partial charge in [-0.1, -0.05) is 73.5 Å². The Morgan fingerprint density at radius 3 is 2.25 bits per heavy atom. The van der Waals surface area contributed by atoms with Crippen molar-refractivity contribution in [3.63, 3.8) is 0 Å². The van der Waals surface area contributed by atoms with Gasteiger partial charge in [-0.25, -0.2) is 0 Å². The molecule has 0 aromatic heterocycles. The predicted octanol–water partition coefficient (Wildman–Crippen LogP) is 4.49. The van der Waals surface area contributed by atoms with Gasteiger partial charge in [0.1, 0.15) is 0 Å². The lowest BCUT2D eigenvalue weighted by molar-refractivity contribution is -0.125. The fourth-order valence-electron chi connectivity index (χ4n) is 2.13. The van der Waals surface area contributed by atoms with E-state index in [0.29, 0.717) is 5.92 Å². The molecule has 0 fully saturated rings. The van der Waals surface area contributed by atoms with Crippen molar-refractivity contribution in [1.82, 2.24) is 5.32 Å². The number of amides is 1. The van der Waals surface area contributed by atoms with E-state index in [1.165, 1.54) is 0 Å². The molecule has 20 heavy (non-hydrogen) atoms. The van der Waals surface area contributed by atoms with E-state index in [9.17, 15) is 4.79 Å². The van der Waals surface area contributed by atoms with Gasteiger partial charge in [-0.15, -0.1) is 0 Å². The highest BCUT2D eigenvalue weighted by atomic mass is 79.9. The minimum absolute atomic E-state index is 0.0910. The van der Waals surface area contributed by atoms with Gasteiger partial charge in [0.2, 0.25) is 5.91 Å². The van der Waals surface area contributed by atoms with Crippen molar-refractivity contribution in [3.8, 4) is 0 Å². The number of halogens is 1. The molecule has 1 amide bonds. The highest BCUT2D eigenvalue weighted by Crippen LogP contribution is 2.28. The topological polar surface area (TPSA) is 29.1 Å². The summed E-state index contributed by atoms with van der Waals surface area (Å²) in [5, 5.41) is 3.18. The SMILES string of the molecule is CCC(C)C(C(=O)NC(C)(C)C(C)Br)c1ccccc1. The first-order valence-electron chi connectivity index (χ1n) is 7.30. The molecule has 1 aromatic carbocycles. The Bertz CT molecular complexity index is 428. The first-order chi connectivity index (χ1) is 9.29. The molecule has 1 aromatic rings. The van der Waals surface area contributed by atoms with Crippen molar-refractivity contribution in [2.75, 3.05) is 0 Å². The smallest absolute Gasteiger partial charge is 0.228 e. The number of nitrogens with one attached hydrogen (secondary N) is 1. The number of carbonyl (C=O) groups is 1. The van der Waals surface area contributed by atoms with Gasteiger partial charge in [0, 0.05) is 10.4 Å².